The van der Waals surface area contributed by atoms with Crippen LogP contribution in [0.4, 0.5) is 0 Å². The Balaban J connectivity index is 1.78. The van der Waals surface area contributed by atoms with Gasteiger partial charge in [0.2, 0.25) is 0 Å². The van der Waals surface area contributed by atoms with Crippen LogP contribution in [0.2, 0.25) is 0 Å². The predicted octanol–water partition coefficient (Wildman–Crippen LogP) is 6.74. The van der Waals surface area contributed by atoms with Crippen molar-refractivity contribution in [2.24, 2.45) is 4.99 Å². The third-order valence-electron chi connectivity index (χ3n) is 7.39. The molecule has 3 aromatic rings. The van der Waals surface area contributed by atoms with E-state index in [-0.39, 0.29) is 17.1 Å². The first-order chi connectivity index (χ1) is 19.7. The lowest BCUT2D eigenvalue weighted by atomic mass is 10.0. The molecule has 0 aliphatic rings. The molecule has 7 heteroatoms. The number of quaternary nitrogens is 1. The zero-order valence-corrected chi connectivity index (χ0v) is 25.5. The van der Waals surface area contributed by atoms with E-state index in [1.165, 1.54) is 11.1 Å². The lowest BCUT2D eigenvalue weighted by Gasteiger charge is -2.38. The highest BCUT2D eigenvalue weighted by Crippen LogP contribution is 2.22. The molecule has 6 nitrogen and oxygen atoms in total. The zero-order valence-electron chi connectivity index (χ0n) is 24.7. The monoisotopic (exact) mass is 576 g/mol. The Hall–Kier alpha value is -3.61. The molecule has 0 heterocycles. The highest BCUT2D eigenvalue weighted by molar-refractivity contribution is 6.40. The number of likely N-dealkylation sites (N-methyl/N-ethyl adjacent to an activating group) is 1. The van der Waals surface area contributed by atoms with E-state index in [0.29, 0.717) is 5.71 Å². The summed E-state index contributed by atoms with van der Waals surface area (Å²) in [5.41, 5.74) is 3.93. The van der Waals surface area contributed by atoms with E-state index in [4.69, 9.17) is 21.1 Å². The van der Waals surface area contributed by atoms with E-state index >= 15 is 0 Å². The number of benzene rings is 3. The van der Waals surface area contributed by atoms with E-state index in [2.05, 4.69) is 60.3 Å². The van der Waals surface area contributed by atoms with Gasteiger partial charge < -0.3 is 19.3 Å². The van der Waals surface area contributed by atoms with Crippen molar-refractivity contribution >= 4 is 23.2 Å². The van der Waals surface area contributed by atoms with Gasteiger partial charge in [0.05, 0.1) is 34.4 Å². The number of hydrogen-bond acceptors (Lipinski definition) is 4. The molecule has 1 unspecified atom stereocenters. The minimum atomic E-state index is -0.247. The number of hydrogen-bond donors (Lipinski definition) is 1. The minimum absolute atomic E-state index is 0.0894. The minimum Gasteiger partial charge on any atom is -0.497 e. The summed E-state index contributed by atoms with van der Waals surface area (Å²) < 4.78 is 11.4. The maximum Gasteiger partial charge on any atom is 0.266 e. The van der Waals surface area contributed by atoms with Crippen LogP contribution in [0.15, 0.2) is 95.6 Å². The first kappa shape index (κ1) is 31.9. The molecule has 0 aromatic heterocycles. The summed E-state index contributed by atoms with van der Waals surface area (Å²) in [4.78, 5) is 17.1. The van der Waals surface area contributed by atoms with Gasteiger partial charge >= 0.3 is 0 Å². The Bertz CT molecular complexity index is 1220. The van der Waals surface area contributed by atoms with Crippen LogP contribution in [-0.2, 0) is 17.6 Å². The third-order valence-corrected chi connectivity index (χ3v) is 7.48. The van der Waals surface area contributed by atoms with Crippen LogP contribution in [0.5, 0.6) is 11.5 Å². The van der Waals surface area contributed by atoms with Gasteiger partial charge in [0.1, 0.15) is 35.0 Å². The first-order valence-corrected chi connectivity index (χ1v) is 14.4. The average Bonchev–Trinajstić information content (AvgIpc) is 2.97. The number of carbonyl (C=O) groups excluding carboxylic acids is 1. The van der Waals surface area contributed by atoms with Crippen molar-refractivity contribution in [3.8, 4) is 11.5 Å². The normalized spacial score (nSPS) is 12.5. The molecule has 41 heavy (non-hydrogen) atoms. The Morgan fingerprint density at radius 1 is 0.878 bits per heavy atom. The van der Waals surface area contributed by atoms with E-state index in [1.807, 2.05) is 42.5 Å². The molecule has 0 saturated carbocycles. The number of halogens is 1. The molecule has 3 rings (SSSR count). The summed E-state index contributed by atoms with van der Waals surface area (Å²) in [6.07, 6.45) is 3.99. The zero-order chi connectivity index (χ0) is 29.7. The van der Waals surface area contributed by atoms with Gasteiger partial charge in [-0.25, -0.2) is 4.99 Å². The molecule has 0 aliphatic heterocycles. The molecule has 0 spiro atoms. The number of nitrogens with zero attached hydrogens (tertiary/aromatic N) is 2. The van der Waals surface area contributed by atoms with Crippen molar-refractivity contribution in [2.75, 3.05) is 40.9 Å². The fraction of sp³-hybridized carbons (Fsp3) is 0.353. The van der Waals surface area contributed by atoms with Gasteiger partial charge in [-0.1, -0.05) is 72.8 Å². The number of nitrogens with one attached hydrogen (secondary N) is 1. The van der Waals surface area contributed by atoms with Crippen LogP contribution in [0.1, 0.15) is 42.5 Å². The Kier molecular flexibility index (Phi) is 12.4. The molecule has 1 N–H and O–H groups in total. The number of aryl methyl sites for hydroxylation is 2. The lowest BCUT2D eigenvalue weighted by molar-refractivity contribution is -0.911. The number of ether oxygens (including phenoxy) is 2. The fourth-order valence-corrected chi connectivity index (χ4v) is 5.19. The molecular formula is C34H43ClN3O3+. The van der Waals surface area contributed by atoms with Crippen LogP contribution in [0.25, 0.3) is 0 Å². The summed E-state index contributed by atoms with van der Waals surface area (Å²) in [5, 5.41) is 3.31. The molecule has 0 saturated heterocycles. The summed E-state index contributed by atoms with van der Waals surface area (Å²) in [5.74, 6) is 1.49. The molecule has 0 radical (unpaired) electrons. The van der Waals surface area contributed by atoms with Crippen LogP contribution in [0, 0.1) is 0 Å². The number of amides is 1. The lowest BCUT2D eigenvalue weighted by Crippen LogP contribution is -2.51. The molecule has 218 valence electrons. The number of rotatable bonds is 16. The van der Waals surface area contributed by atoms with Crippen molar-refractivity contribution in [3.63, 3.8) is 0 Å². The second kappa shape index (κ2) is 16.0. The molecule has 0 fully saturated rings. The van der Waals surface area contributed by atoms with Crippen LogP contribution in [-0.4, -0.2) is 57.0 Å². The largest absolute Gasteiger partial charge is 0.497 e. The molecule has 3 aromatic carbocycles. The highest BCUT2D eigenvalue weighted by Gasteiger charge is 2.29. The second-order valence-electron chi connectivity index (χ2n) is 10.7. The van der Waals surface area contributed by atoms with E-state index in [0.717, 1.165) is 66.9 Å². The van der Waals surface area contributed by atoms with E-state index in [1.54, 1.807) is 21.1 Å². The maximum atomic E-state index is 13.1. The first-order valence-electron chi connectivity index (χ1n) is 14.1. The SMILES string of the molecule is C=C(Cl)/N=C(\C)C(=O)NC(C[N+](C)(CCCc1ccc(OC)cc1)CCCc1ccc(OC)cc1)c1ccccc1. The number of aliphatic imine (C=N–C) groups is 1. The molecule has 1 amide bonds. The third kappa shape index (κ3) is 10.7. The molecular weight excluding hydrogens is 534 g/mol. The van der Waals surface area contributed by atoms with E-state index in [9.17, 15) is 4.79 Å². The van der Waals surface area contributed by atoms with Crippen LogP contribution < -0.4 is 14.8 Å². The second-order valence-corrected chi connectivity index (χ2v) is 11.1. The molecule has 1 atom stereocenters. The number of carbonyl (C=O) groups is 1. The van der Waals surface area contributed by atoms with Gasteiger partial charge in [-0.15, -0.1) is 0 Å². The van der Waals surface area contributed by atoms with Gasteiger partial charge in [0, 0.05) is 12.8 Å². The van der Waals surface area contributed by atoms with Gasteiger partial charge in [0.15, 0.2) is 0 Å². The van der Waals surface area contributed by atoms with Crippen molar-refractivity contribution < 1.29 is 18.8 Å². The van der Waals surface area contributed by atoms with Crippen LogP contribution >= 0.6 is 11.6 Å². The fourth-order valence-electron chi connectivity index (χ4n) is 5.06. The van der Waals surface area contributed by atoms with Crippen molar-refractivity contribution in [2.45, 2.75) is 38.6 Å². The molecule has 0 aliphatic carbocycles. The summed E-state index contributed by atoms with van der Waals surface area (Å²) in [6.45, 7) is 7.94. The quantitative estimate of drug-likeness (QED) is 0.117. The van der Waals surface area contributed by atoms with Gasteiger partial charge in [-0.05, 0) is 60.7 Å². The Labute approximate surface area is 250 Å². The number of methoxy groups -OCH3 is 2. The van der Waals surface area contributed by atoms with Gasteiger partial charge in [-0.2, -0.15) is 0 Å². The summed E-state index contributed by atoms with van der Waals surface area (Å²) in [7, 11) is 5.67. The smallest absolute Gasteiger partial charge is 0.266 e. The average molecular weight is 577 g/mol. The summed E-state index contributed by atoms with van der Waals surface area (Å²) >= 11 is 5.85. The highest BCUT2D eigenvalue weighted by atomic mass is 35.5. The molecule has 0 bridgehead atoms. The summed E-state index contributed by atoms with van der Waals surface area (Å²) in [6, 6.07) is 26.5. The Morgan fingerprint density at radius 2 is 1.37 bits per heavy atom. The Morgan fingerprint density at radius 3 is 1.80 bits per heavy atom. The maximum absolute atomic E-state index is 13.1. The van der Waals surface area contributed by atoms with Crippen LogP contribution in [0.3, 0.4) is 0 Å². The predicted molar refractivity (Wildman–Crippen MR) is 169 cm³/mol. The standard InChI is InChI=1S/C34H42ClN3O3/c1-26(36-27(2)35)34(39)37-33(30-13-7-6-8-14-30)25-38(3,23-9-11-28-15-19-31(40-4)20-16-28)24-10-12-29-17-21-32(41-5)22-18-29/h6-8,13-22,33H,2,9-12,23-25H2,1,3-5H3/p+1/b36-26+. The topological polar surface area (TPSA) is 59.9 Å². The van der Waals surface area contributed by atoms with Gasteiger partial charge in [-0.3, -0.25) is 4.79 Å². The van der Waals surface area contributed by atoms with Crippen molar-refractivity contribution in [1.82, 2.24) is 5.32 Å². The van der Waals surface area contributed by atoms with Crippen molar-refractivity contribution in [3.05, 3.63) is 107 Å². The van der Waals surface area contributed by atoms with Gasteiger partial charge in [0.25, 0.3) is 5.91 Å². The van der Waals surface area contributed by atoms with Crippen molar-refractivity contribution in [1.29, 1.82) is 0 Å². The van der Waals surface area contributed by atoms with E-state index < -0.39 is 0 Å².